The number of ether oxygens (including phenoxy) is 1. The maximum absolute atomic E-state index is 9.96. The van der Waals surface area contributed by atoms with E-state index in [2.05, 4.69) is 11.9 Å². The number of morpholine rings is 1. The summed E-state index contributed by atoms with van der Waals surface area (Å²) in [5.74, 6) is 0.858. The van der Waals surface area contributed by atoms with E-state index in [-0.39, 0.29) is 12.6 Å². The number of aliphatic hydroxyl groups excluding tert-OH is 2. The van der Waals surface area contributed by atoms with Crippen molar-refractivity contribution in [2.75, 3.05) is 13.2 Å². The largest absolute Gasteiger partial charge is 0.492 e. The van der Waals surface area contributed by atoms with Crippen LogP contribution in [-0.4, -0.2) is 46.8 Å². The molecule has 3 aliphatic rings. The zero-order valence-corrected chi connectivity index (χ0v) is 10.2. The van der Waals surface area contributed by atoms with Crippen LogP contribution < -0.4 is 5.32 Å². The van der Waals surface area contributed by atoms with Crippen molar-refractivity contribution in [2.45, 2.75) is 31.3 Å². The van der Waals surface area contributed by atoms with E-state index in [0.29, 0.717) is 19.4 Å². The van der Waals surface area contributed by atoms with Gasteiger partial charge in [-0.2, -0.15) is 0 Å². The van der Waals surface area contributed by atoms with Crippen molar-refractivity contribution in [3.63, 3.8) is 0 Å². The molecule has 0 aromatic heterocycles. The molecular formula is C13H18N2O3. The molecule has 0 radical (unpaired) electrons. The average molecular weight is 250 g/mol. The van der Waals surface area contributed by atoms with Gasteiger partial charge in [0.2, 0.25) is 0 Å². The van der Waals surface area contributed by atoms with E-state index in [1.54, 1.807) is 0 Å². The summed E-state index contributed by atoms with van der Waals surface area (Å²) in [5, 5.41) is 22.6. The lowest BCUT2D eigenvalue weighted by molar-refractivity contribution is -0.00548. The first-order valence-corrected chi connectivity index (χ1v) is 6.22. The Hall–Kier alpha value is -1.30. The number of likely N-dealkylation sites (tertiary alicyclic amines) is 1. The average Bonchev–Trinajstić information content (AvgIpc) is 2.67. The molecule has 0 saturated carbocycles. The topological polar surface area (TPSA) is 65.0 Å². The fraction of sp³-hybridized carbons (Fsp3) is 0.538. The summed E-state index contributed by atoms with van der Waals surface area (Å²) in [6.45, 7) is 4.91. The highest BCUT2D eigenvalue weighted by Gasteiger charge is 2.33. The molecule has 0 aromatic rings. The summed E-state index contributed by atoms with van der Waals surface area (Å²) in [6.07, 6.45) is 4.14. The Labute approximate surface area is 106 Å². The third-order valence-corrected chi connectivity index (χ3v) is 3.59. The summed E-state index contributed by atoms with van der Waals surface area (Å²) in [6, 6.07) is -0.00480. The van der Waals surface area contributed by atoms with Crippen LogP contribution in [0.3, 0.4) is 0 Å². The van der Waals surface area contributed by atoms with Crippen LogP contribution in [0.5, 0.6) is 0 Å². The lowest BCUT2D eigenvalue weighted by atomic mass is 10.0. The van der Waals surface area contributed by atoms with Gasteiger partial charge in [0.05, 0.1) is 6.04 Å². The molecule has 0 bridgehead atoms. The quantitative estimate of drug-likeness (QED) is 0.574. The fourth-order valence-corrected chi connectivity index (χ4v) is 2.70. The molecule has 3 N–H and O–H groups in total. The predicted molar refractivity (Wildman–Crippen MR) is 66.1 cm³/mol. The normalized spacial score (nSPS) is 35.8. The number of rotatable bonds is 1. The molecule has 5 heteroatoms. The van der Waals surface area contributed by atoms with Gasteiger partial charge < -0.3 is 19.8 Å². The predicted octanol–water partition coefficient (Wildman–Crippen LogP) is 0.0450. The van der Waals surface area contributed by atoms with Crippen LogP contribution in [0.4, 0.5) is 0 Å². The van der Waals surface area contributed by atoms with Gasteiger partial charge in [0.1, 0.15) is 24.8 Å². The van der Waals surface area contributed by atoms with Gasteiger partial charge in [0.15, 0.2) is 0 Å². The number of fused-ring (bicyclic) bond motifs is 1. The molecule has 2 fully saturated rings. The SMILES string of the molecule is C=C1CC(O)N(C2=CC=C3OCC(O)NC3C2)C1. The number of aliphatic hydroxyl groups is 2. The van der Waals surface area contributed by atoms with Gasteiger partial charge in [-0.05, 0) is 12.2 Å². The van der Waals surface area contributed by atoms with Crippen molar-refractivity contribution < 1.29 is 14.9 Å². The van der Waals surface area contributed by atoms with Crippen LogP contribution in [0, 0.1) is 0 Å². The lowest BCUT2D eigenvalue weighted by Gasteiger charge is -2.36. The fourth-order valence-electron chi connectivity index (χ4n) is 2.70. The van der Waals surface area contributed by atoms with Gasteiger partial charge in [-0.1, -0.05) is 12.2 Å². The molecule has 18 heavy (non-hydrogen) atoms. The molecule has 2 saturated heterocycles. The monoisotopic (exact) mass is 250 g/mol. The van der Waals surface area contributed by atoms with Crippen molar-refractivity contribution in [1.29, 1.82) is 0 Å². The summed E-state index contributed by atoms with van der Waals surface area (Å²) < 4.78 is 5.46. The second kappa shape index (κ2) is 4.42. The number of nitrogens with one attached hydrogen (secondary N) is 1. The van der Waals surface area contributed by atoms with Crippen LogP contribution in [0.25, 0.3) is 0 Å². The number of hydrogen-bond donors (Lipinski definition) is 3. The Kier molecular flexibility index (Phi) is 2.89. The minimum atomic E-state index is -0.620. The standard InChI is InChI=1S/C13H18N2O3/c1-8-4-13(17)15(6-8)9-2-3-11-10(5-9)14-12(16)7-18-11/h2-3,10,12-14,16-17H,1,4-7H2. The van der Waals surface area contributed by atoms with Crippen LogP contribution in [0.1, 0.15) is 12.8 Å². The van der Waals surface area contributed by atoms with Crippen molar-refractivity contribution in [1.82, 2.24) is 10.2 Å². The van der Waals surface area contributed by atoms with Crippen molar-refractivity contribution in [3.05, 3.63) is 35.8 Å². The van der Waals surface area contributed by atoms with Gasteiger partial charge in [-0.15, -0.1) is 0 Å². The Balaban J connectivity index is 1.77. The first-order valence-electron chi connectivity index (χ1n) is 6.22. The second-order valence-electron chi connectivity index (χ2n) is 5.04. The molecule has 98 valence electrons. The van der Waals surface area contributed by atoms with E-state index < -0.39 is 12.5 Å². The van der Waals surface area contributed by atoms with Crippen LogP contribution in [0.15, 0.2) is 35.8 Å². The first kappa shape index (κ1) is 11.8. The number of nitrogens with zero attached hydrogens (tertiary/aromatic N) is 1. The lowest BCUT2D eigenvalue weighted by Crippen LogP contribution is -2.49. The second-order valence-corrected chi connectivity index (χ2v) is 5.04. The van der Waals surface area contributed by atoms with E-state index in [1.807, 2.05) is 17.1 Å². The van der Waals surface area contributed by atoms with Crippen molar-refractivity contribution >= 4 is 0 Å². The Morgan fingerprint density at radius 3 is 2.89 bits per heavy atom. The molecule has 2 heterocycles. The summed E-state index contributed by atoms with van der Waals surface area (Å²) in [4.78, 5) is 1.96. The van der Waals surface area contributed by atoms with Gasteiger partial charge >= 0.3 is 0 Å². The Morgan fingerprint density at radius 1 is 1.33 bits per heavy atom. The third-order valence-electron chi connectivity index (χ3n) is 3.59. The molecule has 5 nitrogen and oxygen atoms in total. The smallest absolute Gasteiger partial charge is 0.139 e. The van der Waals surface area contributed by atoms with E-state index >= 15 is 0 Å². The molecule has 3 unspecified atom stereocenters. The van der Waals surface area contributed by atoms with E-state index in [9.17, 15) is 10.2 Å². The Bertz CT molecular complexity index is 430. The Morgan fingerprint density at radius 2 is 2.17 bits per heavy atom. The van der Waals surface area contributed by atoms with E-state index in [4.69, 9.17) is 4.74 Å². The van der Waals surface area contributed by atoms with Crippen molar-refractivity contribution in [3.8, 4) is 0 Å². The summed E-state index contributed by atoms with van der Waals surface area (Å²) in [5.41, 5.74) is 2.10. The van der Waals surface area contributed by atoms with Crippen LogP contribution >= 0.6 is 0 Å². The number of hydrogen-bond acceptors (Lipinski definition) is 5. The zero-order valence-electron chi connectivity index (χ0n) is 10.2. The molecule has 1 aliphatic carbocycles. The highest BCUT2D eigenvalue weighted by molar-refractivity contribution is 5.28. The molecule has 3 atom stereocenters. The molecule has 3 rings (SSSR count). The highest BCUT2D eigenvalue weighted by Crippen LogP contribution is 2.31. The highest BCUT2D eigenvalue weighted by atomic mass is 16.5. The van der Waals surface area contributed by atoms with Gasteiger partial charge in [-0.3, -0.25) is 5.32 Å². The molecular weight excluding hydrogens is 232 g/mol. The zero-order chi connectivity index (χ0) is 12.7. The molecule has 0 aromatic carbocycles. The maximum Gasteiger partial charge on any atom is 0.139 e. The molecule has 2 aliphatic heterocycles. The van der Waals surface area contributed by atoms with E-state index in [0.717, 1.165) is 17.0 Å². The third kappa shape index (κ3) is 2.05. The van der Waals surface area contributed by atoms with E-state index in [1.165, 1.54) is 0 Å². The van der Waals surface area contributed by atoms with Crippen LogP contribution in [-0.2, 0) is 4.74 Å². The molecule has 0 amide bonds. The minimum absolute atomic E-state index is 0.00480. The minimum Gasteiger partial charge on any atom is -0.492 e. The van der Waals surface area contributed by atoms with Crippen LogP contribution in [0.2, 0.25) is 0 Å². The number of allylic oxidation sites excluding steroid dienone is 2. The first-order chi connectivity index (χ1) is 8.63. The van der Waals surface area contributed by atoms with Crippen molar-refractivity contribution in [2.24, 2.45) is 0 Å². The summed E-state index contributed by atoms with van der Waals surface area (Å²) in [7, 11) is 0. The van der Waals surface area contributed by atoms with Gasteiger partial charge in [0.25, 0.3) is 0 Å². The van der Waals surface area contributed by atoms with Gasteiger partial charge in [0, 0.05) is 25.1 Å². The summed E-state index contributed by atoms with van der Waals surface area (Å²) >= 11 is 0. The van der Waals surface area contributed by atoms with Gasteiger partial charge in [-0.25, -0.2) is 0 Å². The molecule has 0 spiro atoms. The maximum atomic E-state index is 9.96.